The number of ether oxygens (including phenoxy) is 1. The average Bonchev–Trinajstić information content (AvgIpc) is 2.99. The van der Waals surface area contributed by atoms with Crippen LogP contribution in [-0.2, 0) is 10.3 Å². The molecule has 6 nitrogen and oxygen atoms in total. The Labute approximate surface area is 171 Å². The van der Waals surface area contributed by atoms with Crippen molar-refractivity contribution in [2.45, 2.75) is 5.54 Å². The van der Waals surface area contributed by atoms with Crippen molar-refractivity contribution in [1.29, 1.82) is 0 Å². The molecule has 8 heteroatoms. The van der Waals surface area contributed by atoms with Gasteiger partial charge in [0.2, 0.25) is 0 Å². The topological polar surface area (TPSA) is 80.8 Å². The van der Waals surface area contributed by atoms with Crippen molar-refractivity contribution in [3.05, 3.63) is 83.7 Å². The third-order valence-corrected chi connectivity index (χ3v) is 5.19. The van der Waals surface area contributed by atoms with E-state index < -0.39 is 23.1 Å². The lowest BCUT2D eigenvalue weighted by atomic mass is 9.81. The Balaban J connectivity index is 1.97. The lowest BCUT2D eigenvalue weighted by Crippen LogP contribution is -2.41. The predicted molar refractivity (Wildman–Crippen MR) is 108 cm³/mol. The van der Waals surface area contributed by atoms with Crippen molar-refractivity contribution in [2.24, 2.45) is 10.7 Å². The van der Waals surface area contributed by atoms with Gasteiger partial charge in [0.05, 0.1) is 7.11 Å². The lowest BCUT2D eigenvalue weighted by Gasteiger charge is -2.27. The summed E-state index contributed by atoms with van der Waals surface area (Å²) in [7, 11) is 3.04. The summed E-state index contributed by atoms with van der Waals surface area (Å²) in [5.41, 5.74) is 5.26. The fraction of sp³-hybridized carbons (Fsp3) is 0.136. The molecule has 2 aromatic carbocycles. The molecule has 2 N–H and O–H groups in total. The third kappa shape index (κ3) is 2.88. The molecular weight excluding hydrogens is 390 g/mol. The Hall–Kier alpha value is -3.81. The number of likely N-dealkylation sites (N-methyl/N-ethyl adjacent to an activating group) is 1. The molecule has 0 unspecified atom stereocenters. The van der Waals surface area contributed by atoms with Crippen LogP contribution in [0.3, 0.4) is 0 Å². The van der Waals surface area contributed by atoms with E-state index in [4.69, 9.17) is 10.5 Å². The van der Waals surface area contributed by atoms with Crippen molar-refractivity contribution in [3.8, 4) is 16.9 Å². The molecule has 0 radical (unpaired) electrons. The van der Waals surface area contributed by atoms with Gasteiger partial charge >= 0.3 is 0 Å². The molecule has 1 aliphatic heterocycles. The van der Waals surface area contributed by atoms with Gasteiger partial charge < -0.3 is 10.5 Å². The van der Waals surface area contributed by atoms with Crippen LogP contribution < -0.4 is 10.5 Å². The van der Waals surface area contributed by atoms with E-state index in [0.29, 0.717) is 16.9 Å². The van der Waals surface area contributed by atoms with Crippen molar-refractivity contribution in [1.82, 2.24) is 9.88 Å². The second kappa shape index (κ2) is 7.22. The largest absolute Gasteiger partial charge is 0.497 e. The van der Waals surface area contributed by atoms with Crippen molar-refractivity contribution in [2.75, 3.05) is 14.2 Å². The van der Waals surface area contributed by atoms with E-state index in [-0.39, 0.29) is 17.1 Å². The first-order valence-electron chi connectivity index (χ1n) is 9.06. The zero-order valence-electron chi connectivity index (χ0n) is 16.3. The molecule has 0 fully saturated rings. The number of nitrogens with zero attached hydrogens (tertiary/aromatic N) is 3. The van der Waals surface area contributed by atoms with Gasteiger partial charge in [0.15, 0.2) is 11.5 Å². The van der Waals surface area contributed by atoms with Crippen LogP contribution in [0.1, 0.15) is 11.1 Å². The molecule has 152 valence electrons. The number of aliphatic imine (C=N–C) groups is 1. The monoisotopic (exact) mass is 408 g/mol. The summed E-state index contributed by atoms with van der Waals surface area (Å²) in [6, 6.07) is 12.0. The summed E-state index contributed by atoms with van der Waals surface area (Å²) in [6.45, 7) is 0. The predicted octanol–water partition coefficient (Wildman–Crippen LogP) is 3.07. The number of aromatic nitrogens is 1. The van der Waals surface area contributed by atoms with Crippen molar-refractivity contribution < 1.29 is 18.3 Å². The van der Waals surface area contributed by atoms with Gasteiger partial charge in [-0.2, -0.15) is 0 Å². The van der Waals surface area contributed by atoms with Crippen LogP contribution in [0.5, 0.6) is 5.75 Å². The number of benzene rings is 2. The molecule has 1 aliphatic rings. The minimum absolute atomic E-state index is 0.0162. The molecule has 1 aromatic heterocycles. The Kier molecular flexibility index (Phi) is 4.69. The van der Waals surface area contributed by atoms with Crippen LogP contribution in [0.25, 0.3) is 11.1 Å². The van der Waals surface area contributed by atoms with Crippen LogP contribution in [0.4, 0.5) is 8.78 Å². The number of nitrogens with two attached hydrogens (primary N) is 1. The van der Waals surface area contributed by atoms with Gasteiger partial charge in [-0.3, -0.25) is 14.7 Å². The molecule has 0 aliphatic carbocycles. The quantitative estimate of drug-likeness (QED) is 0.720. The summed E-state index contributed by atoms with van der Waals surface area (Å²) >= 11 is 0. The number of carbonyl (C=O) groups excluding carboxylic acids is 1. The Morgan fingerprint density at radius 2 is 1.67 bits per heavy atom. The zero-order valence-corrected chi connectivity index (χ0v) is 16.3. The fourth-order valence-corrected chi connectivity index (χ4v) is 3.55. The molecule has 0 bridgehead atoms. The number of amides is 1. The number of hydrogen-bond acceptors (Lipinski definition) is 5. The highest BCUT2D eigenvalue weighted by molar-refractivity contribution is 6.09. The van der Waals surface area contributed by atoms with E-state index in [1.165, 1.54) is 49.7 Å². The SMILES string of the molecule is COc1ccc([C@]2(c3ccc(F)c(-c4cnccc4F)c3)N=C(N)N(C)C2=O)cc1. The maximum atomic E-state index is 14.6. The Morgan fingerprint density at radius 3 is 2.27 bits per heavy atom. The van der Waals surface area contributed by atoms with Crippen molar-refractivity contribution in [3.63, 3.8) is 0 Å². The van der Waals surface area contributed by atoms with E-state index in [0.717, 1.165) is 6.07 Å². The van der Waals surface area contributed by atoms with E-state index >= 15 is 0 Å². The van der Waals surface area contributed by atoms with Gasteiger partial charge in [-0.1, -0.05) is 18.2 Å². The van der Waals surface area contributed by atoms with Crippen LogP contribution >= 0.6 is 0 Å². The molecule has 0 saturated carbocycles. The van der Waals surface area contributed by atoms with Crippen LogP contribution in [-0.4, -0.2) is 35.9 Å². The van der Waals surface area contributed by atoms with E-state index in [1.807, 2.05) is 0 Å². The van der Waals surface area contributed by atoms with E-state index in [2.05, 4.69) is 9.98 Å². The number of carbonyl (C=O) groups is 1. The number of methoxy groups -OCH3 is 1. The first-order valence-corrected chi connectivity index (χ1v) is 9.06. The summed E-state index contributed by atoms with van der Waals surface area (Å²) < 4.78 is 34.1. The second-order valence-corrected chi connectivity index (χ2v) is 6.82. The van der Waals surface area contributed by atoms with Crippen molar-refractivity contribution >= 4 is 11.9 Å². The van der Waals surface area contributed by atoms with E-state index in [1.54, 1.807) is 24.3 Å². The molecule has 1 atom stereocenters. The number of hydrogen-bond donors (Lipinski definition) is 1. The zero-order chi connectivity index (χ0) is 21.5. The van der Waals surface area contributed by atoms with Crippen LogP contribution in [0.2, 0.25) is 0 Å². The molecule has 0 saturated heterocycles. The van der Waals surface area contributed by atoms with Gasteiger partial charge in [0, 0.05) is 30.6 Å². The first kappa shape index (κ1) is 19.5. The summed E-state index contributed by atoms with van der Waals surface area (Å²) in [4.78, 5) is 22.9. The minimum Gasteiger partial charge on any atom is -0.497 e. The number of pyridine rings is 1. The number of rotatable bonds is 4. The third-order valence-electron chi connectivity index (χ3n) is 5.19. The highest BCUT2D eigenvalue weighted by Crippen LogP contribution is 2.41. The maximum Gasteiger partial charge on any atom is 0.266 e. The smallest absolute Gasteiger partial charge is 0.266 e. The van der Waals surface area contributed by atoms with Gasteiger partial charge in [-0.05, 0) is 41.5 Å². The fourth-order valence-electron chi connectivity index (χ4n) is 3.55. The van der Waals surface area contributed by atoms with Gasteiger partial charge in [0.25, 0.3) is 5.91 Å². The van der Waals surface area contributed by atoms with Gasteiger partial charge in [-0.15, -0.1) is 0 Å². The molecule has 0 spiro atoms. The molecule has 2 heterocycles. The standard InChI is InChI=1S/C22H18F2N4O2/c1-28-20(29)22(27-21(28)25,13-3-6-15(30-2)7-4-13)14-5-8-18(23)16(11-14)17-12-26-10-9-19(17)24/h3-12H,1-2H3,(H2,25,27)/t22-/m1/s1. The minimum atomic E-state index is -1.54. The molecule has 3 aromatic rings. The Morgan fingerprint density at radius 1 is 1.00 bits per heavy atom. The molecular formula is C22H18F2N4O2. The Bertz CT molecular complexity index is 1160. The highest BCUT2D eigenvalue weighted by atomic mass is 19.1. The summed E-state index contributed by atoms with van der Waals surface area (Å²) in [6.07, 6.45) is 2.51. The first-order chi connectivity index (χ1) is 14.4. The van der Waals surface area contributed by atoms with Crippen LogP contribution in [0.15, 0.2) is 65.9 Å². The molecule has 30 heavy (non-hydrogen) atoms. The summed E-state index contributed by atoms with van der Waals surface area (Å²) in [5, 5.41) is 0. The number of halogens is 2. The summed E-state index contributed by atoms with van der Waals surface area (Å²) in [5.74, 6) is -1.06. The molecule has 4 rings (SSSR count). The number of guanidine groups is 1. The average molecular weight is 408 g/mol. The highest BCUT2D eigenvalue weighted by Gasteiger charge is 2.49. The van der Waals surface area contributed by atoms with Gasteiger partial charge in [0.1, 0.15) is 17.4 Å². The normalized spacial score (nSPS) is 18.5. The van der Waals surface area contributed by atoms with Crippen LogP contribution in [0, 0.1) is 11.6 Å². The van der Waals surface area contributed by atoms with E-state index in [9.17, 15) is 13.6 Å². The molecule has 1 amide bonds. The maximum absolute atomic E-state index is 14.6. The van der Waals surface area contributed by atoms with Gasteiger partial charge in [-0.25, -0.2) is 13.8 Å². The second-order valence-electron chi connectivity index (χ2n) is 6.82. The lowest BCUT2D eigenvalue weighted by molar-refractivity contribution is -0.129.